The van der Waals surface area contributed by atoms with Crippen LogP contribution in [-0.2, 0) is 20.2 Å². The Labute approximate surface area is 220 Å². The predicted octanol–water partition coefficient (Wildman–Crippen LogP) is 4.86. The highest BCUT2D eigenvalue weighted by atomic mass is 16.5. The molecule has 0 aliphatic carbocycles. The zero-order chi connectivity index (χ0) is 25.9. The van der Waals surface area contributed by atoms with Crippen molar-refractivity contribution in [1.29, 1.82) is 0 Å². The first-order chi connectivity index (χ1) is 18.7. The van der Waals surface area contributed by atoms with Gasteiger partial charge in [-0.1, -0.05) is 78.9 Å². The van der Waals surface area contributed by atoms with E-state index >= 15 is 0 Å². The van der Waals surface area contributed by atoms with Crippen molar-refractivity contribution in [3.05, 3.63) is 114 Å². The lowest BCUT2D eigenvalue weighted by atomic mass is 10.2. The number of aromatic nitrogens is 8. The van der Waals surface area contributed by atoms with Gasteiger partial charge in [0.25, 0.3) is 5.95 Å². The molecule has 6 rings (SSSR count). The number of aryl methyl sites for hydroxylation is 1. The van der Waals surface area contributed by atoms with Crippen molar-refractivity contribution >= 4 is 0 Å². The highest BCUT2D eigenvalue weighted by Crippen LogP contribution is 2.24. The number of benzene rings is 3. The van der Waals surface area contributed by atoms with Crippen LogP contribution in [0, 0.1) is 6.92 Å². The minimum absolute atomic E-state index is 0.207. The fourth-order valence-electron chi connectivity index (χ4n) is 4.27. The van der Waals surface area contributed by atoms with Gasteiger partial charge in [0.05, 0.1) is 6.54 Å². The van der Waals surface area contributed by atoms with Crippen molar-refractivity contribution in [3.8, 4) is 34.6 Å². The Bertz CT molecular complexity index is 1670. The number of hydrogen-bond acceptors (Lipinski definition) is 6. The average molecular weight is 503 g/mol. The van der Waals surface area contributed by atoms with E-state index in [1.54, 1.807) is 4.68 Å². The van der Waals surface area contributed by atoms with Crippen molar-refractivity contribution in [2.45, 2.75) is 20.1 Å². The van der Waals surface area contributed by atoms with Crippen LogP contribution in [0.4, 0.5) is 0 Å². The summed E-state index contributed by atoms with van der Waals surface area (Å²) >= 11 is 0. The largest absolute Gasteiger partial charge is 0.485 e. The summed E-state index contributed by atoms with van der Waals surface area (Å²) in [6.45, 7) is 2.87. The van der Waals surface area contributed by atoms with Gasteiger partial charge in [0.1, 0.15) is 18.1 Å². The van der Waals surface area contributed by atoms with Crippen molar-refractivity contribution in [2.24, 2.45) is 7.05 Å². The van der Waals surface area contributed by atoms with Gasteiger partial charge in [-0.2, -0.15) is 9.78 Å². The normalized spacial score (nSPS) is 11.1. The van der Waals surface area contributed by atoms with Gasteiger partial charge in [-0.25, -0.2) is 4.98 Å². The summed E-state index contributed by atoms with van der Waals surface area (Å²) in [5, 5.41) is 18.5. The molecular formula is C29H26N8O. The number of rotatable bonds is 8. The highest BCUT2D eigenvalue weighted by Gasteiger charge is 2.22. The molecule has 38 heavy (non-hydrogen) atoms. The van der Waals surface area contributed by atoms with Crippen LogP contribution in [0.2, 0.25) is 0 Å². The SMILES string of the molecule is Cc1ccccc1OCc1nc(-c2ccn(Cc3ccccc3)n2)n(-c2nnc(-c3ccccc3)n2C)n1. The Morgan fingerprint density at radius 1 is 0.763 bits per heavy atom. The average Bonchev–Trinajstić information content (AvgIpc) is 3.68. The molecule has 0 saturated carbocycles. The second kappa shape index (κ2) is 10.1. The molecule has 0 unspecified atom stereocenters. The van der Waals surface area contributed by atoms with E-state index in [2.05, 4.69) is 22.3 Å². The third-order valence-electron chi connectivity index (χ3n) is 6.23. The highest BCUT2D eigenvalue weighted by molar-refractivity contribution is 5.57. The van der Waals surface area contributed by atoms with Gasteiger partial charge in [-0.05, 0) is 30.2 Å². The number of ether oxygens (including phenoxy) is 1. The second-order valence-corrected chi connectivity index (χ2v) is 8.95. The van der Waals surface area contributed by atoms with E-state index in [1.807, 2.05) is 108 Å². The first kappa shape index (κ1) is 23.4. The van der Waals surface area contributed by atoms with Crippen LogP contribution in [0.15, 0.2) is 97.2 Å². The van der Waals surface area contributed by atoms with Crippen LogP contribution in [0.3, 0.4) is 0 Å². The Kier molecular flexibility index (Phi) is 6.23. The van der Waals surface area contributed by atoms with E-state index in [-0.39, 0.29) is 6.61 Å². The third-order valence-corrected chi connectivity index (χ3v) is 6.23. The lowest BCUT2D eigenvalue weighted by Crippen LogP contribution is -2.09. The molecule has 0 fully saturated rings. The zero-order valence-corrected chi connectivity index (χ0v) is 21.1. The summed E-state index contributed by atoms with van der Waals surface area (Å²) < 4.78 is 11.5. The molecule has 3 aromatic carbocycles. The van der Waals surface area contributed by atoms with Crippen LogP contribution < -0.4 is 4.74 Å². The van der Waals surface area contributed by atoms with Gasteiger partial charge in [0, 0.05) is 18.8 Å². The molecule has 0 saturated heterocycles. The van der Waals surface area contributed by atoms with Crippen LogP contribution in [0.1, 0.15) is 17.0 Å². The fourth-order valence-corrected chi connectivity index (χ4v) is 4.27. The smallest absolute Gasteiger partial charge is 0.254 e. The van der Waals surface area contributed by atoms with Crippen molar-refractivity contribution in [2.75, 3.05) is 0 Å². The van der Waals surface area contributed by atoms with Crippen LogP contribution in [0.25, 0.3) is 28.9 Å². The number of hydrogen-bond donors (Lipinski definition) is 0. The van der Waals surface area contributed by atoms with Gasteiger partial charge in [0.2, 0.25) is 0 Å². The minimum Gasteiger partial charge on any atom is -0.485 e. The van der Waals surface area contributed by atoms with Crippen molar-refractivity contribution < 1.29 is 4.74 Å². The van der Waals surface area contributed by atoms with Gasteiger partial charge >= 0.3 is 0 Å². The van der Waals surface area contributed by atoms with Gasteiger partial charge in [0.15, 0.2) is 17.5 Å². The maximum atomic E-state index is 6.05. The van der Waals surface area contributed by atoms with E-state index in [9.17, 15) is 0 Å². The lowest BCUT2D eigenvalue weighted by Gasteiger charge is -2.06. The molecule has 0 aliphatic heterocycles. The fraction of sp³-hybridized carbons (Fsp3) is 0.138. The Morgan fingerprint density at radius 2 is 1.50 bits per heavy atom. The van der Waals surface area contributed by atoms with Crippen molar-refractivity contribution in [1.82, 2.24) is 39.3 Å². The number of para-hydroxylation sites is 1. The Morgan fingerprint density at radius 3 is 2.29 bits per heavy atom. The maximum Gasteiger partial charge on any atom is 0.254 e. The molecule has 0 aliphatic rings. The maximum absolute atomic E-state index is 6.05. The lowest BCUT2D eigenvalue weighted by molar-refractivity contribution is 0.294. The standard InChI is InChI=1S/C29H26N8O/c1-21-11-9-10-16-25(21)38-20-26-30-28(24-17-18-36(33-24)19-22-12-5-3-6-13-22)37(34-26)29-32-31-27(35(29)2)23-14-7-4-8-15-23/h3-18H,19-20H2,1-2H3. The first-order valence-electron chi connectivity index (χ1n) is 12.3. The van der Waals surface area contributed by atoms with E-state index in [1.165, 1.54) is 0 Å². The summed E-state index contributed by atoms with van der Waals surface area (Å²) in [7, 11) is 1.92. The molecule has 0 atom stereocenters. The Balaban J connectivity index is 1.37. The molecule has 188 valence electrons. The predicted molar refractivity (Wildman–Crippen MR) is 144 cm³/mol. The van der Waals surface area contributed by atoms with E-state index in [0.717, 1.165) is 28.3 Å². The van der Waals surface area contributed by atoms with E-state index in [4.69, 9.17) is 19.9 Å². The van der Waals surface area contributed by atoms with Gasteiger partial charge in [-0.3, -0.25) is 9.25 Å². The molecule has 0 bridgehead atoms. The zero-order valence-electron chi connectivity index (χ0n) is 21.1. The van der Waals surface area contributed by atoms with Crippen LogP contribution in [-0.4, -0.2) is 39.3 Å². The quantitative estimate of drug-likeness (QED) is 0.295. The summed E-state index contributed by atoms with van der Waals surface area (Å²) in [4.78, 5) is 4.81. The van der Waals surface area contributed by atoms with Crippen LogP contribution in [0.5, 0.6) is 5.75 Å². The molecule has 9 nitrogen and oxygen atoms in total. The summed E-state index contributed by atoms with van der Waals surface area (Å²) in [5.74, 6) is 3.14. The molecule has 3 heterocycles. The summed E-state index contributed by atoms with van der Waals surface area (Å²) in [6, 6.07) is 30.0. The topological polar surface area (TPSA) is 88.5 Å². The van der Waals surface area contributed by atoms with E-state index in [0.29, 0.717) is 29.8 Å². The molecule has 0 amide bonds. The molecule has 0 radical (unpaired) electrons. The summed E-state index contributed by atoms with van der Waals surface area (Å²) in [6.07, 6.45) is 1.94. The third kappa shape index (κ3) is 4.69. The molecule has 6 aromatic rings. The van der Waals surface area contributed by atoms with Gasteiger partial charge < -0.3 is 4.74 Å². The minimum atomic E-state index is 0.207. The first-order valence-corrected chi connectivity index (χ1v) is 12.3. The molecule has 9 heteroatoms. The monoisotopic (exact) mass is 502 g/mol. The Hall–Kier alpha value is -5.05. The molecule has 0 N–H and O–H groups in total. The van der Waals surface area contributed by atoms with Crippen LogP contribution >= 0.6 is 0 Å². The number of nitrogens with zero attached hydrogens (tertiary/aromatic N) is 8. The molecule has 0 spiro atoms. The van der Waals surface area contributed by atoms with Gasteiger partial charge in [-0.15, -0.1) is 15.3 Å². The molecule has 3 aromatic heterocycles. The summed E-state index contributed by atoms with van der Waals surface area (Å²) in [5.41, 5.74) is 3.86. The second-order valence-electron chi connectivity index (χ2n) is 8.95. The van der Waals surface area contributed by atoms with E-state index < -0.39 is 0 Å². The molecular weight excluding hydrogens is 476 g/mol. The van der Waals surface area contributed by atoms with Crippen molar-refractivity contribution in [3.63, 3.8) is 0 Å².